The summed E-state index contributed by atoms with van der Waals surface area (Å²) in [7, 11) is 1.98. The van der Waals surface area contributed by atoms with E-state index in [1.165, 1.54) is 11.3 Å². The molecule has 2 aromatic heterocycles. The van der Waals surface area contributed by atoms with Crippen LogP contribution in [0, 0.1) is 13.8 Å². The quantitative estimate of drug-likeness (QED) is 0.422. The number of aliphatic imine (C=N–C) groups is 1. The van der Waals surface area contributed by atoms with E-state index in [0.717, 1.165) is 35.7 Å². The first-order valence-corrected chi connectivity index (χ1v) is 11.1. The third-order valence-corrected chi connectivity index (χ3v) is 5.59. The van der Waals surface area contributed by atoms with E-state index in [4.69, 9.17) is 4.99 Å². The van der Waals surface area contributed by atoms with Crippen molar-refractivity contribution in [3.05, 3.63) is 87.1 Å². The minimum atomic E-state index is 0.00771. The molecule has 0 amide bonds. The second kappa shape index (κ2) is 10.8. The van der Waals surface area contributed by atoms with Gasteiger partial charge in [0.25, 0.3) is 5.56 Å². The average Bonchev–Trinajstić information content (AvgIpc) is 3.00. The highest BCUT2D eigenvalue weighted by Gasteiger charge is 2.14. The molecule has 1 atom stereocenters. The molecule has 3 aromatic rings. The van der Waals surface area contributed by atoms with Crippen molar-refractivity contribution in [1.29, 1.82) is 0 Å². The number of aromatic nitrogens is 3. The van der Waals surface area contributed by atoms with Crippen LogP contribution in [0.15, 0.2) is 58.4 Å². The van der Waals surface area contributed by atoms with Crippen LogP contribution in [0.1, 0.15) is 41.9 Å². The van der Waals surface area contributed by atoms with Crippen LogP contribution in [0.2, 0.25) is 0 Å². The number of nitrogens with one attached hydrogen (secondary N) is 2. The standard InChI is InChI=1S/C25H34N6O/c1-6-26-25(28-18(2)15-23-19(3)29-30(5)20(23)4)27-16-21-10-12-22(13-11-21)17-31-14-8-7-9-24(31)32/h7-14,18H,6,15-17H2,1-5H3,(H2,26,27,28). The van der Waals surface area contributed by atoms with Gasteiger partial charge in [-0.3, -0.25) is 9.48 Å². The Morgan fingerprint density at radius 1 is 1.12 bits per heavy atom. The smallest absolute Gasteiger partial charge is 0.250 e. The van der Waals surface area contributed by atoms with Gasteiger partial charge in [0.2, 0.25) is 0 Å². The van der Waals surface area contributed by atoms with E-state index in [-0.39, 0.29) is 11.6 Å². The average molecular weight is 435 g/mol. The first kappa shape index (κ1) is 23.3. The minimum absolute atomic E-state index is 0.00771. The van der Waals surface area contributed by atoms with Crippen molar-refractivity contribution >= 4 is 5.96 Å². The third-order valence-electron chi connectivity index (χ3n) is 5.59. The van der Waals surface area contributed by atoms with Crippen LogP contribution in [-0.4, -0.2) is 32.9 Å². The second-order valence-electron chi connectivity index (χ2n) is 8.20. The molecule has 0 aliphatic heterocycles. The van der Waals surface area contributed by atoms with E-state index < -0.39 is 0 Å². The summed E-state index contributed by atoms with van der Waals surface area (Å²) in [6.45, 7) is 10.4. The van der Waals surface area contributed by atoms with Crippen molar-refractivity contribution in [2.45, 2.75) is 53.2 Å². The lowest BCUT2D eigenvalue weighted by Crippen LogP contribution is -2.43. The zero-order chi connectivity index (χ0) is 23.1. The number of hydrogen-bond donors (Lipinski definition) is 2. The predicted molar refractivity (Wildman–Crippen MR) is 130 cm³/mol. The van der Waals surface area contributed by atoms with Crippen LogP contribution in [-0.2, 0) is 26.6 Å². The monoisotopic (exact) mass is 434 g/mol. The molecule has 170 valence electrons. The Kier molecular flexibility index (Phi) is 7.87. The topological polar surface area (TPSA) is 76.2 Å². The molecule has 3 rings (SSSR count). The molecule has 0 bridgehead atoms. The Balaban J connectivity index is 1.61. The fourth-order valence-electron chi connectivity index (χ4n) is 3.73. The van der Waals surface area contributed by atoms with Crippen LogP contribution in [0.4, 0.5) is 0 Å². The van der Waals surface area contributed by atoms with Crippen molar-refractivity contribution < 1.29 is 0 Å². The Labute approximate surface area is 190 Å². The number of pyridine rings is 1. The number of hydrogen-bond acceptors (Lipinski definition) is 3. The number of guanidine groups is 1. The maximum absolute atomic E-state index is 11.9. The Bertz CT molecular complexity index is 1110. The van der Waals surface area contributed by atoms with Crippen LogP contribution in [0.5, 0.6) is 0 Å². The summed E-state index contributed by atoms with van der Waals surface area (Å²) in [6, 6.07) is 13.7. The molecular formula is C25H34N6O. The van der Waals surface area contributed by atoms with E-state index in [1.54, 1.807) is 16.7 Å². The third kappa shape index (κ3) is 6.09. The van der Waals surface area contributed by atoms with E-state index in [9.17, 15) is 4.79 Å². The van der Waals surface area contributed by atoms with Crippen LogP contribution in [0.25, 0.3) is 0 Å². The summed E-state index contributed by atoms with van der Waals surface area (Å²) >= 11 is 0. The molecule has 0 fully saturated rings. The van der Waals surface area contributed by atoms with Gasteiger partial charge in [0.1, 0.15) is 0 Å². The summed E-state index contributed by atoms with van der Waals surface area (Å²) in [5.74, 6) is 0.805. The molecule has 1 aromatic carbocycles. The second-order valence-corrected chi connectivity index (χ2v) is 8.20. The van der Waals surface area contributed by atoms with Gasteiger partial charge in [-0.05, 0) is 56.9 Å². The van der Waals surface area contributed by atoms with Gasteiger partial charge in [-0.2, -0.15) is 5.10 Å². The van der Waals surface area contributed by atoms with Crippen LogP contribution < -0.4 is 16.2 Å². The number of nitrogens with zero attached hydrogens (tertiary/aromatic N) is 4. The van der Waals surface area contributed by atoms with Gasteiger partial charge in [0.05, 0.1) is 18.8 Å². The highest BCUT2D eigenvalue weighted by molar-refractivity contribution is 5.80. The normalized spacial score (nSPS) is 12.6. The maximum Gasteiger partial charge on any atom is 0.250 e. The van der Waals surface area contributed by atoms with Crippen molar-refractivity contribution in [2.24, 2.45) is 12.0 Å². The molecule has 0 aliphatic rings. The fraction of sp³-hybridized carbons (Fsp3) is 0.400. The zero-order valence-corrected chi connectivity index (χ0v) is 19.7. The van der Waals surface area contributed by atoms with Crippen LogP contribution >= 0.6 is 0 Å². The Morgan fingerprint density at radius 2 is 1.84 bits per heavy atom. The molecule has 7 heteroatoms. The molecule has 0 aliphatic carbocycles. The molecule has 0 radical (unpaired) electrons. The molecule has 0 saturated carbocycles. The van der Waals surface area contributed by atoms with Gasteiger partial charge in [-0.15, -0.1) is 0 Å². The van der Waals surface area contributed by atoms with E-state index in [2.05, 4.69) is 67.7 Å². The van der Waals surface area contributed by atoms with E-state index in [1.807, 2.05) is 24.0 Å². The summed E-state index contributed by atoms with van der Waals surface area (Å²) in [5.41, 5.74) is 5.80. The van der Waals surface area contributed by atoms with Gasteiger partial charge in [0, 0.05) is 37.6 Å². The summed E-state index contributed by atoms with van der Waals surface area (Å²) < 4.78 is 3.64. The maximum atomic E-state index is 11.9. The highest BCUT2D eigenvalue weighted by Crippen LogP contribution is 2.14. The summed E-state index contributed by atoms with van der Waals surface area (Å²) in [6.07, 6.45) is 2.70. The van der Waals surface area contributed by atoms with E-state index in [0.29, 0.717) is 13.1 Å². The van der Waals surface area contributed by atoms with Gasteiger partial charge in [-0.25, -0.2) is 4.99 Å². The van der Waals surface area contributed by atoms with Crippen molar-refractivity contribution in [1.82, 2.24) is 25.0 Å². The molecule has 2 heterocycles. The van der Waals surface area contributed by atoms with E-state index >= 15 is 0 Å². The van der Waals surface area contributed by atoms with Crippen molar-refractivity contribution in [3.8, 4) is 0 Å². The lowest BCUT2D eigenvalue weighted by Gasteiger charge is -2.18. The molecule has 2 N–H and O–H groups in total. The summed E-state index contributed by atoms with van der Waals surface area (Å²) in [4.78, 5) is 16.7. The fourth-order valence-corrected chi connectivity index (χ4v) is 3.73. The largest absolute Gasteiger partial charge is 0.357 e. The molecule has 7 nitrogen and oxygen atoms in total. The van der Waals surface area contributed by atoms with Gasteiger partial charge in [-0.1, -0.05) is 30.3 Å². The molecular weight excluding hydrogens is 400 g/mol. The van der Waals surface area contributed by atoms with Gasteiger partial charge >= 0.3 is 0 Å². The first-order valence-electron chi connectivity index (χ1n) is 11.1. The number of benzene rings is 1. The number of aryl methyl sites for hydroxylation is 2. The Morgan fingerprint density at radius 3 is 2.47 bits per heavy atom. The SMILES string of the molecule is CCNC(=NCc1ccc(Cn2ccccc2=O)cc1)NC(C)Cc1c(C)nn(C)c1C. The van der Waals surface area contributed by atoms with Crippen molar-refractivity contribution in [2.75, 3.05) is 6.54 Å². The molecule has 1 unspecified atom stereocenters. The summed E-state index contributed by atoms with van der Waals surface area (Å²) in [5, 5.41) is 11.4. The Hall–Kier alpha value is -3.35. The predicted octanol–water partition coefficient (Wildman–Crippen LogP) is 2.93. The van der Waals surface area contributed by atoms with Gasteiger partial charge in [0.15, 0.2) is 5.96 Å². The lowest BCUT2D eigenvalue weighted by molar-refractivity contribution is 0.635. The highest BCUT2D eigenvalue weighted by atomic mass is 16.1. The minimum Gasteiger partial charge on any atom is -0.357 e. The van der Waals surface area contributed by atoms with Gasteiger partial charge < -0.3 is 15.2 Å². The molecule has 0 spiro atoms. The zero-order valence-electron chi connectivity index (χ0n) is 19.7. The molecule has 0 saturated heterocycles. The van der Waals surface area contributed by atoms with Crippen molar-refractivity contribution in [3.63, 3.8) is 0 Å². The van der Waals surface area contributed by atoms with Crippen LogP contribution in [0.3, 0.4) is 0 Å². The lowest BCUT2D eigenvalue weighted by atomic mass is 10.1. The first-order chi connectivity index (χ1) is 15.4. The molecule has 32 heavy (non-hydrogen) atoms. The number of rotatable bonds is 8.